The minimum atomic E-state index is -0.243. The van der Waals surface area contributed by atoms with Gasteiger partial charge in [-0.1, -0.05) is 67.1 Å². The lowest BCUT2D eigenvalue weighted by Gasteiger charge is -2.39. The van der Waals surface area contributed by atoms with Gasteiger partial charge in [-0.3, -0.25) is 0 Å². The van der Waals surface area contributed by atoms with Crippen molar-refractivity contribution < 1.29 is 9.47 Å². The van der Waals surface area contributed by atoms with E-state index in [2.05, 4.69) is 48.5 Å². The van der Waals surface area contributed by atoms with E-state index in [0.717, 1.165) is 31.1 Å². The smallest absolute Gasteiger partial charge is 0.200 e. The Bertz CT molecular complexity index is 773. The molecule has 4 heteroatoms. The molecule has 0 amide bonds. The van der Waals surface area contributed by atoms with Gasteiger partial charge in [0.05, 0.1) is 0 Å². The molecule has 2 heterocycles. The van der Waals surface area contributed by atoms with Crippen molar-refractivity contribution in [1.82, 2.24) is 0 Å². The molecule has 2 atom stereocenters. The molecule has 0 aromatic heterocycles. The van der Waals surface area contributed by atoms with Gasteiger partial charge in [-0.2, -0.15) is 0 Å². The summed E-state index contributed by atoms with van der Waals surface area (Å²) in [5.41, 5.74) is 2.16. The maximum absolute atomic E-state index is 6.07. The monoisotopic (exact) mass is 346 g/mol. The zero-order valence-corrected chi connectivity index (χ0v) is 14.7. The lowest BCUT2D eigenvalue weighted by atomic mass is 9.68. The second-order valence-corrected chi connectivity index (χ2v) is 7.28. The van der Waals surface area contributed by atoms with Gasteiger partial charge in [-0.05, 0) is 24.0 Å². The van der Waals surface area contributed by atoms with Gasteiger partial charge in [0.1, 0.15) is 30.7 Å². The van der Waals surface area contributed by atoms with Crippen LogP contribution in [0.4, 0.5) is 0 Å². The third-order valence-corrected chi connectivity index (χ3v) is 5.70. The summed E-state index contributed by atoms with van der Waals surface area (Å²) in [6.45, 7) is 1.22. The minimum Gasteiger partial charge on any atom is -0.478 e. The largest absolute Gasteiger partial charge is 0.478 e. The first-order valence-corrected chi connectivity index (χ1v) is 9.37. The van der Waals surface area contributed by atoms with Gasteiger partial charge in [0.25, 0.3) is 0 Å². The van der Waals surface area contributed by atoms with Crippen LogP contribution in [-0.2, 0) is 9.47 Å². The molecule has 0 N–H and O–H groups in total. The summed E-state index contributed by atoms with van der Waals surface area (Å²) >= 11 is 0. The van der Waals surface area contributed by atoms with E-state index in [1.165, 1.54) is 11.1 Å². The van der Waals surface area contributed by atoms with Crippen molar-refractivity contribution in [3.63, 3.8) is 0 Å². The number of nitrogens with zero attached hydrogens (tertiary/aromatic N) is 2. The Hall–Kier alpha value is -2.62. The SMILES string of the molecule is c1ccc([C@@H]2COC(C3(C4=N[C@H](c5ccccc5)CO4)CCC3)=N2)cc1. The Labute approximate surface area is 153 Å². The van der Waals surface area contributed by atoms with E-state index in [4.69, 9.17) is 19.5 Å². The Morgan fingerprint density at radius 1 is 0.692 bits per heavy atom. The molecule has 1 fully saturated rings. The Balaban J connectivity index is 1.42. The van der Waals surface area contributed by atoms with E-state index in [0.29, 0.717) is 13.2 Å². The van der Waals surface area contributed by atoms with Crippen LogP contribution < -0.4 is 0 Å². The summed E-state index contributed by atoms with van der Waals surface area (Å²) in [6, 6.07) is 20.9. The number of benzene rings is 2. The highest BCUT2D eigenvalue weighted by Crippen LogP contribution is 2.48. The molecule has 0 saturated heterocycles. The predicted octanol–water partition coefficient (Wildman–Crippen LogP) is 4.50. The van der Waals surface area contributed by atoms with Crippen molar-refractivity contribution in [1.29, 1.82) is 0 Å². The maximum Gasteiger partial charge on any atom is 0.200 e. The van der Waals surface area contributed by atoms with Crippen LogP contribution in [0.25, 0.3) is 0 Å². The third kappa shape index (κ3) is 2.52. The van der Waals surface area contributed by atoms with Crippen molar-refractivity contribution in [2.45, 2.75) is 31.3 Å². The van der Waals surface area contributed by atoms with Gasteiger partial charge in [0, 0.05) is 0 Å². The average molecular weight is 346 g/mol. The van der Waals surface area contributed by atoms with E-state index in [1.54, 1.807) is 0 Å². The number of hydrogen-bond acceptors (Lipinski definition) is 4. The molecule has 5 rings (SSSR count). The van der Waals surface area contributed by atoms with Crippen LogP contribution in [0.5, 0.6) is 0 Å². The van der Waals surface area contributed by atoms with E-state index < -0.39 is 0 Å². The van der Waals surface area contributed by atoms with E-state index in [-0.39, 0.29) is 17.5 Å². The third-order valence-electron chi connectivity index (χ3n) is 5.70. The maximum atomic E-state index is 6.07. The van der Waals surface area contributed by atoms with E-state index >= 15 is 0 Å². The zero-order chi connectivity index (χ0) is 17.4. The van der Waals surface area contributed by atoms with Gasteiger partial charge in [-0.15, -0.1) is 0 Å². The normalized spacial score (nSPS) is 26.3. The fourth-order valence-electron chi connectivity index (χ4n) is 4.01. The van der Waals surface area contributed by atoms with Gasteiger partial charge in [0.2, 0.25) is 0 Å². The molecule has 3 aliphatic rings. The van der Waals surface area contributed by atoms with Crippen LogP contribution in [0.15, 0.2) is 70.6 Å². The fourth-order valence-corrected chi connectivity index (χ4v) is 4.01. The van der Waals surface area contributed by atoms with Crippen LogP contribution in [0, 0.1) is 5.41 Å². The lowest BCUT2D eigenvalue weighted by molar-refractivity contribution is 0.195. The quantitative estimate of drug-likeness (QED) is 0.818. The second-order valence-electron chi connectivity index (χ2n) is 7.28. The van der Waals surface area contributed by atoms with Gasteiger partial charge >= 0.3 is 0 Å². The molecule has 4 nitrogen and oxygen atoms in total. The van der Waals surface area contributed by atoms with Gasteiger partial charge in [-0.25, -0.2) is 9.98 Å². The van der Waals surface area contributed by atoms with E-state index in [9.17, 15) is 0 Å². The average Bonchev–Trinajstić information content (AvgIpc) is 3.33. The molecule has 2 aromatic rings. The first-order valence-electron chi connectivity index (χ1n) is 9.37. The molecular formula is C22H22N2O2. The highest BCUT2D eigenvalue weighted by Gasteiger charge is 2.53. The second kappa shape index (κ2) is 6.27. The zero-order valence-electron chi connectivity index (χ0n) is 14.7. The van der Waals surface area contributed by atoms with Crippen LogP contribution in [0.2, 0.25) is 0 Å². The molecule has 1 aliphatic carbocycles. The highest BCUT2D eigenvalue weighted by molar-refractivity contribution is 6.07. The summed E-state index contributed by atoms with van der Waals surface area (Å²) in [4.78, 5) is 9.86. The number of rotatable bonds is 4. The molecule has 0 spiro atoms. The number of aliphatic imine (C=N–C) groups is 2. The highest BCUT2D eigenvalue weighted by atomic mass is 16.5. The Morgan fingerprint density at radius 2 is 1.15 bits per heavy atom. The predicted molar refractivity (Wildman–Crippen MR) is 101 cm³/mol. The Morgan fingerprint density at radius 3 is 1.54 bits per heavy atom. The molecule has 0 radical (unpaired) electrons. The standard InChI is InChI=1S/C22H22N2O2/c1-3-8-16(9-4-1)18-14-25-20(23-18)22(12-7-13-22)21-24-19(15-26-21)17-10-5-2-6-11-17/h1-6,8-11,18-19H,7,12-15H2/t18-,19-/m0/s1. The van der Waals surface area contributed by atoms with Gasteiger partial charge in [0.15, 0.2) is 11.8 Å². The van der Waals surface area contributed by atoms with Crippen LogP contribution >= 0.6 is 0 Å². The molecule has 0 unspecified atom stereocenters. The Kier molecular flexibility index (Phi) is 3.77. The van der Waals surface area contributed by atoms with Crippen molar-refractivity contribution >= 4 is 11.8 Å². The van der Waals surface area contributed by atoms with Crippen molar-refractivity contribution in [3.05, 3.63) is 71.8 Å². The fraction of sp³-hybridized carbons (Fsp3) is 0.364. The molecule has 26 heavy (non-hydrogen) atoms. The molecule has 2 aromatic carbocycles. The van der Waals surface area contributed by atoms with Crippen molar-refractivity contribution in [2.75, 3.05) is 13.2 Å². The van der Waals surface area contributed by atoms with Crippen LogP contribution in [-0.4, -0.2) is 25.0 Å². The topological polar surface area (TPSA) is 43.2 Å². The molecule has 0 bridgehead atoms. The summed E-state index contributed by atoms with van der Waals surface area (Å²) in [5, 5.41) is 0. The minimum absolute atomic E-state index is 0.0793. The summed E-state index contributed by atoms with van der Waals surface area (Å²) < 4.78 is 12.1. The summed E-state index contributed by atoms with van der Waals surface area (Å²) in [5.74, 6) is 1.65. The molecule has 2 aliphatic heterocycles. The summed E-state index contributed by atoms with van der Waals surface area (Å²) in [6.07, 6.45) is 3.18. The molecule has 1 saturated carbocycles. The van der Waals surface area contributed by atoms with Gasteiger partial charge < -0.3 is 9.47 Å². The first-order chi connectivity index (χ1) is 12.9. The molecule has 132 valence electrons. The lowest BCUT2D eigenvalue weighted by Crippen LogP contribution is -2.45. The van der Waals surface area contributed by atoms with Crippen molar-refractivity contribution in [2.24, 2.45) is 15.4 Å². The number of ether oxygens (including phenoxy) is 2. The first kappa shape index (κ1) is 15.6. The molecular weight excluding hydrogens is 324 g/mol. The van der Waals surface area contributed by atoms with Crippen LogP contribution in [0.3, 0.4) is 0 Å². The van der Waals surface area contributed by atoms with Crippen LogP contribution in [0.1, 0.15) is 42.5 Å². The van der Waals surface area contributed by atoms with Crippen molar-refractivity contribution in [3.8, 4) is 0 Å². The van der Waals surface area contributed by atoms with E-state index in [1.807, 2.05) is 12.1 Å². The summed E-state index contributed by atoms with van der Waals surface area (Å²) in [7, 11) is 0. The number of hydrogen-bond donors (Lipinski definition) is 0.